The van der Waals surface area contributed by atoms with Crippen LogP contribution in [0.4, 0.5) is 5.95 Å². The van der Waals surface area contributed by atoms with E-state index in [4.69, 9.17) is 103 Å². The molecule has 0 bridgehead atoms. The van der Waals surface area contributed by atoms with Crippen LogP contribution in [0.25, 0.3) is 44.3 Å². The molecule has 0 spiro atoms. The number of nitrogens with zero attached hydrogens (tertiary/aromatic N) is 6. The standard InChI is InChI=1S/C41H60ClN7O10.C30H40ClN5O6/c1-49(29-39(51)45-13-17-53-2)30-40(52)46-14-18-56-21-19-54-15-3-5-33(50)6-4-16-55-20-22-57-23-24-58-25-26-59-34-10-7-31(8-11-34)41-35-27-32(42)9-12-36(35)47-38(48-41)28-37(43)44;1-2-38-13-3-5-24(37)6-4-14-39-15-16-40-17-18-41-19-20-42-25-10-7-22(8-11-25)28-26-21-23(31)9-12-27(26)34-30(35-28)36-29(32)33/h7-12,27H,3-6,13-26,28-30H2,1-2H3,(H3,43,44)(H,45,51)(H,46,52);7-12,21H,2-6,13-20H2,1H3,(H4,32,33,34,35,36). The van der Waals surface area contributed by atoms with Gasteiger partial charge < -0.3 is 84.7 Å². The molecule has 0 saturated heterocycles. The predicted octanol–water partition coefficient (Wildman–Crippen LogP) is 7.28. The SMILES string of the molecule is CCOCCCC(=O)CCCOCCOCCOCCOc1ccc(-c2nc(N=C(N)N)nc3ccc(Cl)cc23)cc1.COCCNC(=O)CN(C)CC(=O)NCCOCCOCCCC(=O)CCCOCCOCCOCCOc1ccc(-c2nc(CC(=N)N)nc3ccc(Cl)cc23)cc1. The van der Waals surface area contributed by atoms with Gasteiger partial charge in [-0.05, 0) is 125 Å². The number of rotatable bonds is 55. The summed E-state index contributed by atoms with van der Waals surface area (Å²) < 4.78 is 66.1. The zero-order valence-electron chi connectivity index (χ0n) is 58.3. The first-order valence-corrected chi connectivity index (χ1v) is 34.6. The number of Topliss-reactive ketones (excluding diaryl/α,β-unsaturated/α-hetero) is 2. The molecule has 101 heavy (non-hydrogen) atoms. The second-order valence-electron chi connectivity index (χ2n) is 22.6. The van der Waals surface area contributed by atoms with E-state index < -0.39 is 0 Å². The molecule has 0 aliphatic carbocycles. The van der Waals surface area contributed by atoms with Gasteiger partial charge >= 0.3 is 0 Å². The van der Waals surface area contributed by atoms with E-state index in [-0.39, 0.29) is 60.6 Å². The number of guanidine groups is 1. The third-order valence-electron chi connectivity index (χ3n) is 14.2. The number of ketones is 2. The Morgan fingerprint density at radius 1 is 0.485 bits per heavy atom. The van der Waals surface area contributed by atoms with Gasteiger partial charge in [0.25, 0.3) is 5.95 Å². The topological polar surface area (TPSA) is 372 Å². The van der Waals surface area contributed by atoms with E-state index in [1.165, 1.54) is 0 Å². The summed E-state index contributed by atoms with van der Waals surface area (Å²) in [6, 6.07) is 25.8. The molecule has 0 aliphatic rings. The van der Waals surface area contributed by atoms with Crippen molar-refractivity contribution in [1.29, 1.82) is 5.41 Å². The van der Waals surface area contributed by atoms with E-state index in [2.05, 4.69) is 35.6 Å². The Hall–Kier alpha value is -7.68. The maximum Gasteiger partial charge on any atom is 0.253 e. The van der Waals surface area contributed by atoms with Crippen molar-refractivity contribution in [2.24, 2.45) is 22.2 Å². The van der Waals surface area contributed by atoms with E-state index in [1.54, 1.807) is 37.3 Å². The summed E-state index contributed by atoms with van der Waals surface area (Å²) in [4.78, 5) is 71.4. The molecule has 6 rings (SSSR count). The Morgan fingerprint density at radius 2 is 0.871 bits per heavy atom. The summed E-state index contributed by atoms with van der Waals surface area (Å²) in [6.45, 7) is 12.7. The van der Waals surface area contributed by atoms with E-state index in [9.17, 15) is 19.2 Å². The Balaban J connectivity index is 0.000000385. The van der Waals surface area contributed by atoms with Gasteiger partial charge in [-0.1, -0.05) is 23.2 Å². The number of hydrogen-bond donors (Lipinski definition) is 6. The van der Waals surface area contributed by atoms with Gasteiger partial charge in [-0.15, -0.1) is 0 Å². The molecule has 9 N–H and O–H groups in total. The van der Waals surface area contributed by atoms with Crippen LogP contribution in [0, 0.1) is 5.41 Å². The minimum Gasteiger partial charge on any atom is -0.491 e. The van der Waals surface area contributed by atoms with Crippen LogP contribution in [0.15, 0.2) is 89.9 Å². The van der Waals surface area contributed by atoms with Crippen molar-refractivity contribution in [2.45, 2.75) is 64.7 Å². The first-order chi connectivity index (χ1) is 49.1. The molecule has 28 nitrogen and oxygen atoms in total. The molecule has 6 aromatic rings. The lowest BCUT2D eigenvalue weighted by Gasteiger charge is -2.16. The number of aromatic nitrogens is 4. The van der Waals surface area contributed by atoms with Gasteiger partial charge in [0.05, 0.1) is 140 Å². The third-order valence-corrected chi connectivity index (χ3v) is 14.7. The van der Waals surface area contributed by atoms with Crippen LogP contribution in [0.3, 0.4) is 0 Å². The number of halogens is 2. The number of hydrogen-bond acceptors (Lipinski definition) is 23. The van der Waals surface area contributed by atoms with Crippen molar-refractivity contribution in [3.8, 4) is 34.0 Å². The molecular weight excluding hydrogens is 1350 g/mol. The fraction of sp³-hybridized carbons (Fsp3) is 0.521. The lowest BCUT2D eigenvalue weighted by molar-refractivity contribution is -0.125. The summed E-state index contributed by atoms with van der Waals surface area (Å²) in [5.74, 6) is 1.97. The number of aliphatic imine (C=N–C) groups is 1. The molecule has 2 aromatic heterocycles. The average Bonchev–Trinajstić information content (AvgIpc) is 0.795. The van der Waals surface area contributed by atoms with Crippen molar-refractivity contribution in [3.63, 3.8) is 0 Å². The first-order valence-electron chi connectivity index (χ1n) is 33.9. The smallest absolute Gasteiger partial charge is 0.253 e. The summed E-state index contributed by atoms with van der Waals surface area (Å²) in [5, 5.41) is 15.8. The molecule has 0 radical (unpaired) electrons. The Kier molecular flexibility index (Phi) is 42.8. The zero-order chi connectivity index (χ0) is 72.5. The number of carbonyl (C=O) groups excluding carboxylic acids is 4. The number of benzene rings is 4. The second kappa shape index (κ2) is 51.5. The molecule has 0 atom stereocenters. The molecule has 2 heterocycles. The van der Waals surface area contributed by atoms with Crippen LogP contribution < -0.4 is 37.3 Å². The Bertz CT molecular complexity index is 3410. The number of carbonyl (C=O) groups is 4. The number of nitrogens with two attached hydrogens (primary N) is 3. The lowest BCUT2D eigenvalue weighted by Crippen LogP contribution is -2.42. The zero-order valence-corrected chi connectivity index (χ0v) is 59.8. The van der Waals surface area contributed by atoms with Crippen LogP contribution in [-0.2, 0) is 73.0 Å². The Labute approximate surface area is 601 Å². The van der Waals surface area contributed by atoms with E-state index >= 15 is 0 Å². The normalized spacial score (nSPS) is 11.2. The fourth-order valence-electron chi connectivity index (χ4n) is 9.45. The van der Waals surface area contributed by atoms with Gasteiger partial charge in [-0.25, -0.2) is 19.9 Å². The lowest BCUT2D eigenvalue weighted by atomic mass is 10.1. The first kappa shape index (κ1) is 84.0. The molecular formula is C71H100Cl2N12O16. The molecule has 0 unspecified atom stereocenters. The molecule has 0 aliphatic heterocycles. The summed E-state index contributed by atoms with van der Waals surface area (Å²) in [6.07, 6.45) is 5.01. The highest BCUT2D eigenvalue weighted by Gasteiger charge is 2.16. The highest BCUT2D eigenvalue weighted by Crippen LogP contribution is 2.32. The minimum atomic E-state index is -0.189. The van der Waals surface area contributed by atoms with Gasteiger partial charge in [0, 0.05) is 111 Å². The van der Waals surface area contributed by atoms with Gasteiger partial charge in [-0.3, -0.25) is 29.5 Å². The van der Waals surface area contributed by atoms with Crippen molar-refractivity contribution in [2.75, 3.05) is 179 Å². The largest absolute Gasteiger partial charge is 0.491 e. The van der Waals surface area contributed by atoms with Crippen LogP contribution in [0.2, 0.25) is 10.0 Å². The highest BCUT2D eigenvalue weighted by atomic mass is 35.5. The van der Waals surface area contributed by atoms with Crippen molar-refractivity contribution < 1.29 is 76.0 Å². The number of amides is 2. The summed E-state index contributed by atoms with van der Waals surface area (Å²) in [7, 11) is 3.26. The number of amidine groups is 1. The number of nitrogens with one attached hydrogen (secondary N) is 3. The van der Waals surface area contributed by atoms with Gasteiger partial charge in [0.15, 0.2) is 5.96 Å². The van der Waals surface area contributed by atoms with E-state index in [1.807, 2.05) is 73.7 Å². The maximum absolute atomic E-state index is 12.1. The Morgan fingerprint density at radius 3 is 1.29 bits per heavy atom. The van der Waals surface area contributed by atoms with Crippen molar-refractivity contribution in [1.82, 2.24) is 35.5 Å². The van der Waals surface area contributed by atoms with E-state index in [0.717, 1.165) is 40.3 Å². The maximum atomic E-state index is 12.1. The quantitative estimate of drug-likeness (QED) is 0.0124. The predicted molar refractivity (Wildman–Crippen MR) is 387 cm³/mol. The van der Waals surface area contributed by atoms with E-state index in [0.29, 0.717) is 235 Å². The van der Waals surface area contributed by atoms with Crippen molar-refractivity contribution >= 4 is 86.1 Å². The van der Waals surface area contributed by atoms with Crippen LogP contribution in [0.1, 0.15) is 64.1 Å². The van der Waals surface area contributed by atoms with Crippen molar-refractivity contribution in [3.05, 3.63) is 101 Å². The third kappa shape index (κ3) is 37.2. The second-order valence-corrected chi connectivity index (χ2v) is 23.5. The number of fused-ring (bicyclic) bond motifs is 2. The molecule has 0 fully saturated rings. The minimum absolute atomic E-state index is 0.00982. The number of methoxy groups -OCH3 is 1. The number of ether oxygens (including phenoxy) is 12. The average molecular weight is 1450 g/mol. The molecule has 4 aromatic carbocycles. The fourth-order valence-corrected chi connectivity index (χ4v) is 9.79. The number of likely N-dealkylation sites (N-methyl/N-ethyl adjacent to an activating group) is 1. The van der Waals surface area contributed by atoms with Crippen LogP contribution in [0.5, 0.6) is 11.5 Å². The van der Waals surface area contributed by atoms with Gasteiger partial charge in [0.2, 0.25) is 11.8 Å². The highest BCUT2D eigenvalue weighted by molar-refractivity contribution is 6.31. The summed E-state index contributed by atoms with van der Waals surface area (Å²) >= 11 is 12.5. The monoisotopic (exact) mass is 1450 g/mol. The van der Waals surface area contributed by atoms with Gasteiger partial charge in [0.1, 0.15) is 42.1 Å². The molecule has 30 heteroatoms. The van der Waals surface area contributed by atoms with Crippen LogP contribution >= 0.6 is 23.2 Å². The van der Waals surface area contributed by atoms with Crippen LogP contribution in [-0.4, -0.2) is 239 Å². The molecule has 554 valence electrons. The molecule has 0 saturated carbocycles. The molecule has 2 amide bonds. The van der Waals surface area contributed by atoms with Gasteiger partial charge in [-0.2, -0.15) is 4.99 Å². The summed E-state index contributed by atoms with van der Waals surface area (Å²) in [5.41, 5.74) is 21.1.